The molecule has 0 unspecified atom stereocenters. The van der Waals surface area contributed by atoms with Gasteiger partial charge in [0.05, 0.1) is 24.3 Å². The van der Waals surface area contributed by atoms with Gasteiger partial charge in [-0.2, -0.15) is 0 Å². The van der Waals surface area contributed by atoms with E-state index in [-0.39, 0.29) is 5.69 Å². The molecule has 8 heteroatoms. The van der Waals surface area contributed by atoms with E-state index in [1.165, 1.54) is 6.21 Å². The van der Waals surface area contributed by atoms with Crippen LogP contribution in [0.5, 0.6) is 5.75 Å². The molecule has 5 N–H and O–H groups in total. The number of ether oxygens (including phenoxy) is 1. The molecule has 0 aliphatic carbocycles. The number of nitrogens with zero attached hydrogens (tertiary/aromatic N) is 2. The number of anilines is 1. The molecule has 1 aliphatic rings. The van der Waals surface area contributed by atoms with Crippen molar-refractivity contribution in [3.8, 4) is 29.0 Å². The number of benzene rings is 2. The van der Waals surface area contributed by atoms with Gasteiger partial charge in [0.25, 0.3) is 5.91 Å². The molecular formula is C25H25N5O3. The molecule has 3 aromatic rings. The standard InChI is InChI=1S/C25H25N5O3/c1-25(2,32)10-9-16-7-8-21-18(13-16)24-29-22(23(27)31)20(30(24)11-12-33-21)15-28-19-6-4-3-5-17(19)14-26/h3-8,13-14,26,28,32H,11-12,15H2,1-2H3,(H2,27,31). The summed E-state index contributed by atoms with van der Waals surface area (Å²) in [7, 11) is 0. The third-order valence-corrected chi connectivity index (χ3v) is 5.17. The fourth-order valence-electron chi connectivity index (χ4n) is 3.65. The van der Waals surface area contributed by atoms with Crippen molar-refractivity contribution >= 4 is 17.8 Å². The monoisotopic (exact) mass is 443 g/mol. The molecule has 0 atom stereocenters. The van der Waals surface area contributed by atoms with Gasteiger partial charge in [0.1, 0.15) is 23.8 Å². The molecule has 2 aromatic carbocycles. The second-order valence-electron chi connectivity index (χ2n) is 8.20. The highest BCUT2D eigenvalue weighted by molar-refractivity contribution is 5.93. The van der Waals surface area contributed by atoms with Gasteiger partial charge in [-0.05, 0) is 38.1 Å². The molecule has 0 saturated heterocycles. The summed E-state index contributed by atoms with van der Waals surface area (Å²) in [4.78, 5) is 16.8. The first-order valence-electron chi connectivity index (χ1n) is 10.5. The van der Waals surface area contributed by atoms with Crippen molar-refractivity contribution in [1.29, 1.82) is 5.41 Å². The highest BCUT2D eigenvalue weighted by Gasteiger charge is 2.26. The fourth-order valence-corrected chi connectivity index (χ4v) is 3.65. The predicted molar refractivity (Wildman–Crippen MR) is 127 cm³/mol. The second kappa shape index (κ2) is 8.81. The minimum absolute atomic E-state index is 0.186. The van der Waals surface area contributed by atoms with E-state index in [9.17, 15) is 9.90 Å². The summed E-state index contributed by atoms with van der Waals surface area (Å²) in [6.45, 7) is 4.41. The lowest BCUT2D eigenvalue weighted by atomic mass is 10.1. The normalized spacial score (nSPS) is 12.3. The summed E-state index contributed by atoms with van der Waals surface area (Å²) in [6, 6.07) is 12.9. The van der Waals surface area contributed by atoms with Crippen LogP contribution in [0.3, 0.4) is 0 Å². The van der Waals surface area contributed by atoms with Crippen LogP contribution in [-0.2, 0) is 13.1 Å². The van der Waals surface area contributed by atoms with Crippen LogP contribution in [0, 0.1) is 17.3 Å². The summed E-state index contributed by atoms with van der Waals surface area (Å²) in [5, 5.41) is 20.8. The van der Waals surface area contributed by atoms with E-state index in [1.807, 2.05) is 47.0 Å². The van der Waals surface area contributed by atoms with Crippen LogP contribution in [0.25, 0.3) is 11.4 Å². The van der Waals surface area contributed by atoms with Crippen LogP contribution in [0.15, 0.2) is 42.5 Å². The number of rotatable bonds is 5. The van der Waals surface area contributed by atoms with Crippen LogP contribution in [-0.4, -0.2) is 39.0 Å². The molecule has 0 fully saturated rings. The van der Waals surface area contributed by atoms with Gasteiger partial charge in [-0.1, -0.05) is 30.0 Å². The molecule has 2 heterocycles. The van der Waals surface area contributed by atoms with Gasteiger partial charge in [-0.3, -0.25) is 4.79 Å². The number of nitrogens with two attached hydrogens (primary N) is 1. The molecular weight excluding hydrogens is 418 g/mol. The minimum atomic E-state index is -1.12. The van der Waals surface area contributed by atoms with Gasteiger partial charge in [0.15, 0.2) is 5.69 Å². The molecule has 0 radical (unpaired) electrons. The average Bonchev–Trinajstić information content (AvgIpc) is 3.05. The topological polar surface area (TPSA) is 126 Å². The Balaban J connectivity index is 1.77. The van der Waals surface area contributed by atoms with Gasteiger partial charge < -0.3 is 30.9 Å². The number of aliphatic hydroxyl groups is 1. The van der Waals surface area contributed by atoms with Crippen LogP contribution in [0.2, 0.25) is 0 Å². The summed E-state index contributed by atoms with van der Waals surface area (Å²) >= 11 is 0. The zero-order valence-electron chi connectivity index (χ0n) is 18.5. The summed E-state index contributed by atoms with van der Waals surface area (Å²) < 4.78 is 7.85. The molecule has 0 bridgehead atoms. The van der Waals surface area contributed by atoms with Crippen molar-refractivity contribution in [2.75, 3.05) is 11.9 Å². The summed E-state index contributed by atoms with van der Waals surface area (Å²) in [6.07, 6.45) is 1.27. The Morgan fingerprint density at radius 2 is 2.15 bits per heavy atom. The fraction of sp³-hybridized carbons (Fsp3) is 0.240. The Kier molecular flexibility index (Phi) is 5.90. The maximum absolute atomic E-state index is 12.3. The van der Waals surface area contributed by atoms with E-state index in [0.717, 1.165) is 11.3 Å². The number of amides is 1. The van der Waals surface area contributed by atoms with Crippen molar-refractivity contribution < 1.29 is 14.6 Å². The van der Waals surface area contributed by atoms with Crippen molar-refractivity contribution in [2.45, 2.75) is 32.5 Å². The van der Waals surface area contributed by atoms with E-state index in [4.69, 9.17) is 15.9 Å². The van der Waals surface area contributed by atoms with E-state index >= 15 is 0 Å². The number of imidazole rings is 1. The van der Waals surface area contributed by atoms with Crippen molar-refractivity contribution in [1.82, 2.24) is 9.55 Å². The van der Waals surface area contributed by atoms with Crippen molar-refractivity contribution in [3.05, 3.63) is 65.0 Å². The Morgan fingerprint density at radius 1 is 1.36 bits per heavy atom. The molecule has 0 spiro atoms. The van der Waals surface area contributed by atoms with Crippen LogP contribution < -0.4 is 15.8 Å². The number of aromatic nitrogens is 2. The predicted octanol–water partition coefficient (Wildman–Crippen LogP) is 2.77. The lowest BCUT2D eigenvalue weighted by Gasteiger charge is -2.13. The maximum Gasteiger partial charge on any atom is 0.269 e. The third kappa shape index (κ3) is 4.73. The Bertz CT molecular complexity index is 1290. The first kappa shape index (κ1) is 22.1. The van der Waals surface area contributed by atoms with Crippen LogP contribution in [0.1, 0.15) is 41.2 Å². The lowest BCUT2D eigenvalue weighted by molar-refractivity contribution is 0.0994. The summed E-state index contributed by atoms with van der Waals surface area (Å²) in [5.41, 5.74) is 8.28. The third-order valence-electron chi connectivity index (χ3n) is 5.17. The molecule has 0 saturated carbocycles. The molecule has 1 aliphatic heterocycles. The molecule has 168 valence electrons. The van der Waals surface area contributed by atoms with Crippen molar-refractivity contribution in [2.24, 2.45) is 5.73 Å². The number of nitrogens with one attached hydrogen (secondary N) is 2. The number of primary amides is 1. The van der Waals surface area contributed by atoms with Gasteiger partial charge in [0.2, 0.25) is 0 Å². The Labute approximate surface area is 191 Å². The number of carbonyl (C=O) groups is 1. The first-order valence-corrected chi connectivity index (χ1v) is 10.5. The Morgan fingerprint density at radius 3 is 2.88 bits per heavy atom. The quantitative estimate of drug-likeness (QED) is 0.356. The number of hydrogen-bond acceptors (Lipinski definition) is 6. The molecule has 1 aromatic heterocycles. The van der Waals surface area contributed by atoms with Gasteiger partial charge in [-0.25, -0.2) is 4.98 Å². The van der Waals surface area contributed by atoms with E-state index in [2.05, 4.69) is 22.1 Å². The van der Waals surface area contributed by atoms with Crippen molar-refractivity contribution in [3.63, 3.8) is 0 Å². The average molecular weight is 444 g/mol. The highest BCUT2D eigenvalue weighted by atomic mass is 16.5. The van der Waals surface area contributed by atoms with E-state index < -0.39 is 11.5 Å². The molecule has 1 amide bonds. The minimum Gasteiger partial charge on any atom is -0.491 e. The first-order chi connectivity index (χ1) is 15.8. The zero-order chi connectivity index (χ0) is 23.6. The number of hydrogen-bond donors (Lipinski definition) is 4. The second-order valence-corrected chi connectivity index (χ2v) is 8.20. The van der Waals surface area contributed by atoms with Gasteiger partial charge in [-0.15, -0.1) is 0 Å². The smallest absolute Gasteiger partial charge is 0.269 e. The van der Waals surface area contributed by atoms with Crippen LogP contribution in [0.4, 0.5) is 5.69 Å². The number of carbonyl (C=O) groups excluding carboxylic acids is 1. The largest absolute Gasteiger partial charge is 0.491 e. The molecule has 8 nitrogen and oxygen atoms in total. The number of para-hydroxylation sites is 1. The molecule has 4 rings (SSSR count). The zero-order valence-corrected chi connectivity index (χ0v) is 18.5. The van der Waals surface area contributed by atoms with E-state index in [0.29, 0.717) is 48.1 Å². The SMILES string of the molecule is CC(C)(O)C#Cc1ccc2c(c1)-c1nc(C(N)=O)c(CNc3ccccc3C=N)n1CCO2. The highest BCUT2D eigenvalue weighted by Crippen LogP contribution is 2.34. The summed E-state index contributed by atoms with van der Waals surface area (Å²) in [5.74, 6) is 6.36. The maximum atomic E-state index is 12.3. The Hall–Kier alpha value is -4.09. The lowest BCUT2D eigenvalue weighted by Crippen LogP contribution is -2.18. The molecule has 33 heavy (non-hydrogen) atoms. The van der Waals surface area contributed by atoms with Gasteiger partial charge >= 0.3 is 0 Å². The van der Waals surface area contributed by atoms with E-state index in [1.54, 1.807) is 13.8 Å². The van der Waals surface area contributed by atoms with Crippen LogP contribution >= 0.6 is 0 Å². The number of fused-ring (bicyclic) bond motifs is 3. The van der Waals surface area contributed by atoms with Gasteiger partial charge in [0, 0.05) is 23.0 Å².